The van der Waals surface area contributed by atoms with Crippen LogP contribution in [0.1, 0.15) is 0 Å². The summed E-state index contributed by atoms with van der Waals surface area (Å²) < 4.78 is 4.52. The summed E-state index contributed by atoms with van der Waals surface area (Å²) in [7, 11) is 0. The van der Waals surface area contributed by atoms with Crippen LogP contribution in [0.25, 0.3) is 0 Å². The standard InChI is InChI=1S/C10H10N2O7/c13-6-1-2-7(8(3-6)12(17)18)11-9(14)4-19-5-10(15)16/h1-3,13H,4-5H2,(H,11,14)(H,15,16). The normalized spacial score (nSPS) is 9.89. The second kappa shape index (κ2) is 6.31. The Labute approximate surface area is 106 Å². The Morgan fingerprint density at radius 1 is 1.37 bits per heavy atom. The molecule has 9 nitrogen and oxygen atoms in total. The van der Waals surface area contributed by atoms with Crippen molar-refractivity contribution in [2.75, 3.05) is 18.5 Å². The van der Waals surface area contributed by atoms with Gasteiger partial charge < -0.3 is 20.3 Å². The zero-order valence-electron chi connectivity index (χ0n) is 9.53. The van der Waals surface area contributed by atoms with Gasteiger partial charge in [0, 0.05) is 0 Å². The number of nitro groups is 1. The predicted molar refractivity (Wildman–Crippen MR) is 61.8 cm³/mol. The van der Waals surface area contributed by atoms with Crippen LogP contribution >= 0.6 is 0 Å². The van der Waals surface area contributed by atoms with Gasteiger partial charge in [-0.05, 0) is 12.1 Å². The number of carbonyl (C=O) groups excluding carboxylic acids is 1. The monoisotopic (exact) mass is 270 g/mol. The van der Waals surface area contributed by atoms with Gasteiger partial charge >= 0.3 is 5.97 Å². The number of aliphatic carboxylic acids is 1. The summed E-state index contributed by atoms with van der Waals surface area (Å²) in [5.41, 5.74) is -0.599. The first-order valence-corrected chi connectivity index (χ1v) is 4.97. The lowest BCUT2D eigenvalue weighted by Gasteiger charge is -2.06. The summed E-state index contributed by atoms with van der Waals surface area (Å²) in [6.07, 6.45) is 0. The first-order chi connectivity index (χ1) is 8.90. The van der Waals surface area contributed by atoms with Crippen LogP contribution in [0.2, 0.25) is 0 Å². The van der Waals surface area contributed by atoms with Gasteiger partial charge in [0.05, 0.1) is 11.0 Å². The maximum Gasteiger partial charge on any atom is 0.329 e. The molecule has 0 aliphatic heterocycles. The van der Waals surface area contributed by atoms with Crippen molar-refractivity contribution >= 4 is 23.3 Å². The number of ether oxygens (including phenoxy) is 1. The number of nitrogens with zero attached hydrogens (tertiary/aromatic N) is 1. The minimum Gasteiger partial charge on any atom is -0.508 e. The van der Waals surface area contributed by atoms with Crippen molar-refractivity contribution < 1.29 is 29.5 Å². The molecule has 0 saturated carbocycles. The average Bonchev–Trinajstić information content (AvgIpc) is 2.30. The fourth-order valence-corrected chi connectivity index (χ4v) is 1.19. The van der Waals surface area contributed by atoms with Gasteiger partial charge in [0.15, 0.2) is 0 Å². The first-order valence-electron chi connectivity index (χ1n) is 4.97. The summed E-state index contributed by atoms with van der Waals surface area (Å²) in [6, 6.07) is 3.21. The van der Waals surface area contributed by atoms with E-state index in [1.54, 1.807) is 0 Å². The molecular formula is C10H10N2O7. The molecule has 0 saturated heterocycles. The van der Waals surface area contributed by atoms with Crippen LogP contribution in [-0.2, 0) is 14.3 Å². The molecule has 0 unspecified atom stereocenters. The van der Waals surface area contributed by atoms with E-state index in [9.17, 15) is 19.7 Å². The van der Waals surface area contributed by atoms with Crippen molar-refractivity contribution in [3.8, 4) is 5.75 Å². The zero-order valence-corrected chi connectivity index (χ0v) is 9.53. The van der Waals surface area contributed by atoms with E-state index in [0.717, 1.165) is 12.1 Å². The van der Waals surface area contributed by atoms with Crippen molar-refractivity contribution in [3.05, 3.63) is 28.3 Å². The Hall–Kier alpha value is -2.68. The number of hydrogen-bond acceptors (Lipinski definition) is 6. The molecule has 0 bridgehead atoms. The number of rotatable bonds is 6. The number of phenols is 1. The third-order valence-corrected chi connectivity index (χ3v) is 1.91. The van der Waals surface area contributed by atoms with Gasteiger partial charge in [0.25, 0.3) is 11.6 Å². The lowest BCUT2D eigenvalue weighted by molar-refractivity contribution is -0.384. The van der Waals surface area contributed by atoms with Crippen LogP contribution in [0.5, 0.6) is 5.75 Å². The van der Waals surface area contributed by atoms with E-state index in [1.807, 2.05) is 0 Å². The molecule has 0 heterocycles. The van der Waals surface area contributed by atoms with Crippen LogP contribution in [0.4, 0.5) is 11.4 Å². The molecule has 1 amide bonds. The molecule has 0 fully saturated rings. The minimum atomic E-state index is -1.23. The smallest absolute Gasteiger partial charge is 0.329 e. The lowest BCUT2D eigenvalue weighted by atomic mass is 10.2. The van der Waals surface area contributed by atoms with Gasteiger partial charge in [-0.15, -0.1) is 0 Å². The number of nitrogens with one attached hydrogen (secondary N) is 1. The van der Waals surface area contributed by atoms with E-state index in [0.29, 0.717) is 0 Å². The SMILES string of the molecule is O=C(O)COCC(=O)Nc1ccc(O)cc1[N+](=O)[O-]. The number of amides is 1. The molecule has 0 aliphatic rings. The number of phenolic OH excluding ortho intramolecular Hbond substituents is 1. The van der Waals surface area contributed by atoms with Crippen LogP contribution in [0.3, 0.4) is 0 Å². The van der Waals surface area contributed by atoms with Crippen molar-refractivity contribution in [1.29, 1.82) is 0 Å². The molecule has 19 heavy (non-hydrogen) atoms. The molecule has 102 valence electrons. The summed E-state index contributed by atoms with van der Waals surface area (Å²) in [4.78, 5) is 31.4. The summed E-state index contributed by atoms with van der Waals surface area (Å²) in [6.45, 7) is -1.20. The highest BCUT2D eigenvalue weighted by Crippen LogP contribution is 2.28. The van der Waals surface area contributed by atoms with Gasteiger partial charge in [0.2, 0.25) is 0 Å². The molecule has 0 aliphatic carbocycles. The Kier molecular flexibility index (Phi) is 4.77. The number of carboxylic acid groups (broad SMARTS) is 1. The minimum absolute atomic E-state index is 0.119. The largest absolute Gasteiger partial charge is 0.508 e. The van der Waals surface area contributed by atoms with Gasteiger partial charge in [-0.25, -0.2) is 4.79 Å². The Morgan fingerprint density at radius 2 is 2.05 bits per heavy atom. The maximum absolute atomic E-state index is 11.3. The molecule has 1 aromatic carbocycles. The predicted octanol–water partition coefficient (Wildman–Crippen LogP) is 0.340. The molecule has 9 heteroatoms. The third-order valence-electron chi connectivity index (χ3n) is 1.91. The highest BCUT2D eigenvalue weighted by atomic mass is 16.6. The van der Waals surface area contributed by atoms with E-state index in [2.05, 4.69) is 10.1 Å². The zero-order chi connectivity index (χ0) is 14.4. The van der Waals surface area contributed by atoms with Gasteiger partial charge in [-0.3, -0.25) is 14.9 Å². The number of nitro benzene ring substituents is 1. The van der Waals surface area contributed by atoms with Gasteiger partial charge in [-0.1, -0.05) is 0 Å². The van der Waals surface area contributed by atoms with E-state index < -0.39 is 35.7 Å². The van der Waals surface area contributed by atoms with E-state index in [-0.39, 0.29) is 11.4 Å². The van der Waals surface area contributed by atoms with Crippen molar-refractivity contribution in [2.45, 2.75) is 0 Å². The van der Waals surface area contributed by atoms with Gasteiger partial charge in [-0.2, -0.15) is 0 Å². The number of carbonyl (C=O) groups is 2. The van der Waals surface area contributed by atoms with Gasteiger partial charge in [0.1, 0.15) is 24.7 Å². The molecule has 3 N–H and O–H groups in total. The van der Waals surface area contributed by atoms with E-state index in [4.69, 9.17) is 10.2 Å². The Morgan fingerprint density at radius 3 is 2.63 bits per heavy atom. The fraction of sp³-hybridized carbons (Fsp3) is 0.200. The van der Waals surface area contributed by atoms with Crippen molar-refractivity contribution in [1.82, 2.24) is 0 Å². The topological polar surface area (TPSA) is 139 Å². The van der Waals surface area contributed by atoms with Crippen molar-refractivity contribution in [2.24, 2.45) is 0 Å². The number of hydrogen-bond donors (Lipinski definition) is 3. The highest BCUT2D eigenvalue weighted by Gasteiger charge is 2.16. The first kappa shape index (κ1) is 14.4. The summed E-state index contributed by atoms with van der Waals surface area (Å²) in [5, 5.41) is 30.3. The van der Waals surface area contributed by atoms with Crippen LogP contribution in [-0.4, -0.2) is 40.2 Å². The van der Waals surface area contributed by atoms with E-state index >= 15 is 0 Å². The van der Waals surface area contributed by atoms with E-state index in [1.165, 1.54) is 6.07 Å². The fourth-order valence-electron chi connectivity index (χ4n) is 1.19. The second-order valence-electron chi connectivity index (χ2n) is 3.39. The van der Waals surface area contributed by atoms with Crippen molar-refractivity contribution in [3.63, 3.8) is 0 Å². The summed E-state index contributed by atoms with van der Waals surface area (Å²) >= 11 is 0. The highest BCUT2D eigenvalue weighted by molar-refractivity contribution is 5.94. The maximum atomic E-state index is 11.3. The van der Waals surface area contributed by atoms with Crippen LogP contribution in [0, 0.1) is 10.1 Å². The number of carboxylic acids is 1. The second-order valence-corrected chi connectivity index (χ2v) is 3.39. The molecular weight excluding hydrogens is 260 g/mol. The van der Waals surface area contributed by atoms with Crippen LogP contribution in [0.15, 0.2) is 18.2 Å². The molecule has 1 aromatic rings. The average molecular weight is 270 g/mol. The number of anilines is 1. The molecule has 0 radical (unpaired) electrons. The number of aromatic hydroxyl groups is 1. The molecule has 0 atom stereocenters. The molecule has 0 aromatic heterocycles. The molecule has 1 rings (SSSR count). The number of benzene rings is 1. The third kappa shape index (κ3) is 4.60. The van der Waals surface area contributed by atoms with Crippen LogP contribution < -0.4 is 5.32 Å². The quantitative estimate of drug-likeness (QED) is 0.384. The Bertz CT molecular complexity index is 515. The molecule has 0 spiro atoms. The Balaban J connectivity index is 2.68. The lowest BCUT2D eigenvalue weighted by Crippen LogP contribution is -2.21. The summed E-state index contributed by atoms with van der Waals surface area (Å²) in [5.74, 6) is -2.29.